The predicted molar refractivity (Wildman–Crippen MR) is 63.2 cm³/mol. The Balaban J connectivity index is 2.17. The van der Waals surface area contributed by atoms with Crippen molar-refractivity contribution in [1.29, 1.82) is 0 Å². The van der Waals surface area contributed by atoms with Gasteiger partial charge in [0.15, 0.2) is 0 Å². The normalized spacial score (nSPS) is 12.4. The lowest BCUT2D eigenvalue weighted by Gasteiger charge is -2.12. The van der Waals surface area contributed by atoms with E-state index in [1.165, 1.54) is 6.33 Å². The zero-order chi connectivity index (χ0) is 11.5. The van der Waals surface area contributed by atoms with Crippen LogP contribution in [-0.2, 0) is 0 Å². The molecule has 2 aromatic rings. The third-order valence-corrected chi connectivity index (χ3v) is 2.67. The van der Waals surface area contributed by atoms with Crippen LogP contribution in [0.2, 0.25) is 5.28 Å². The molecule has 16 heavy (non-hydrogen) atoms. The lowest BCUT2D eigenvalue weighted by Crippen LogP contribution is -2.10. The van der Waals surface area contributed by atoms with Crippen LogP contribution >= 0.6 is 27.5 Å². The third-order valence-electron chi connectivity index (χ3n) is 1.91. The Morgan fingerprint density at radius 2 is 2.31 bits per heavy atom. The fourth-order valence-corrected chi connectivity index (χ4v) is 1.58. The Kier molecular flexibility index (Phi) is 3.35. The molecule has 6 nitrogen and oxygen atoms in total. The molecule has 0 aromatic carbocycles. The molecule has 1 atom stereocenters. The monoisotopic (exact) mass is 302 g/mol. The van der Waals surface area contributed by atoms with E-state index in [1.54, 1.807) is 6.20 Å². The van der Waals surface area contributed by atoms with E-state index in [9.17, 15) is 0 Å². The molecular weight excluding hydrogens is 295 g/mol. The van der Waals surface area contributed by atoms with Crippen LogP contribution in [0.5, 0.6) is 0 Å². The molecule has 8 heteroatoms. The van der Waals surface area contributed by atoms with E-state index >= 15 is 0 Å². The fraction of sp³-hybridized carbons (Fsp3) is 0.250. The topological polar surface area (TPSA) is 79.4 Å². The number of nitrogens with one attached hydrogen (secondary N) is 2. The maximum absolute atomic E-state index is 5.71. The Morgan fingerprint density at radius 1 is 1.50 bits per heavy atom. The molecule has 0 aliphatic carbocycles. The first-order valence-electron chi connectivity index (χ1n) is 4.46. The molecule has 2 aromatic heterocycles. The van der Waals surface area contributed by atoms with Crippen molar-refractivity contribution < 1.29 is 0 Å². The molecule has 0 aliphatic rings. The minimum absolute atomic E-state index is 0.0511. The Bertz CT molecular complexity index is 473. The van der Waals surface area contributed by atoms with Crippen LogP contribution in [0.1, 0.15) is 18.8 Å². The summed E-state index contributed by atoms with van der Waals surface area (Å²) in [6.45, 7) is 1.93. The number of hydrogen-bond donors (Lipinski definition) is 2. The molecule has 84 valence electrons. The molecule has 0 saturated heterocycles. The summed E-state index contributed by atoms with van der Waals surface area (Å²) in [5.41, 5.74) is 0. The van der Waals surface area contributed by atoms with E-state index in [4.69, 9.17) is 11.6 Å². The lowest BCUT2D eigenvalue weighted by atomic mass is 10.3. The highest BCUT2D eigenvalue weighted by Crippen LogP contribution is 2.23. The number of halogens is 2. The molecule has 2 N–H and O–H groups in total. The van der Waals surface area contributed by atoms with Gasteiger partial charge in [0.2, 0.25) is 5.28 Å². The van der Waals surface area contributed by atoms with Gasteiger partial charge in [0.25, 0.3) is 0 Å². The van der Waals surface area contributed by atoms with Crippen LogP contribution in [0.25, 0.3) is 0 Å². The summed E-state index contributed by atoms with van der Waals surface area (Å²) in [5, 5.41) is 9.88. The summed E-state index contributed by atoms with van der Waals surface area (Å²) in [5.74, 6) is 1.34. The van der Waals surface area contributed by atoms with Crippen LogP contribution in [0.3, 0.4) is 0 Å². The average Bonchev–Trinajstić information content (AvgIpc) is 2.76. The quantitative estimate of drug-likeness (QED) is 0.850. The van der Waals surface area contributed by atoms with E-state index in [0.29, 0.717) is 5.82 Å². The second-order valence-corrected chi connectivity index (χ2v) is 4.26. The Hall–Kier alpha value is -1.21. The van der Waals surface area contributed by atoms with Crippen molar-refractivity contribution in [3.8, 4) is 0 Å². The second kappa shape index (κ2) is 4.75. The van der Waals surface area contributed by atoms with E-state index in [-0.39, 0.29) is 11.3 Å². The van der Waals surface area contributed by atoms with Crippen LogP contribution in [-0.4, -0.2) is 25.1 Å². The maximum atomic E-state index is 5.71. The Morgan fingerprint density at radius 3 is 3.00 bits per heavy atom. The SMILES string of the molecule is CC(Nc1nc(Cl)ncc1Br)c1ncn[nH]1. The van der Waals surface area contributed by atoms with Gasteiger partial charge in [0.1, 0.15) is 18.0 Å². The molecular formula is C8H8BrClN6. The zero-order valence-electron chi connectivity index (χ0n) is 8.28. The summed E-state index contributed by atoms with van der Waals surface area (Å²) in [6.07, 6.45) is 3.04. The van der Waals surface area contributed by atoms with Crippen molar-refractivity contribution in [2.24, 2.45) is 0 Å². The summed E-state index contributed by atoms with van der Waals surface area (Å²) >= 11 is 9.04. The molecule has 0 amide bonds. The molecule has 0 fully saturated rings. The van der Waals surface area contributed by atoms with E-state index in [1.807, 2.05) is 6.92 Å². The number of rotatable bonds is 3. The molecule has 0 spiro atoms. The lowest BCUT2D eigenvalue weighted by molar-refractivity contribution is 0.788. The van der Waals surface area contributed by atoms with Gasteiger partial charge in [0.05, 0.1) is 10.5 Å². The molecule has 2 heterocycles. The van der Waals surface area contributed by atoms with Crippen molar-refractivity contribution in [2.45, 2.75) is 13.0 Å². The van der Waals surface area contributed by atoms with Gasteiger partial charge in [-0.15, -0.1) is 0 Å². The highest BCUT2D eigenvalue weighted by molar-refractivity contribution is 9.10. The third kappa shape index (κ3) is 2.48. The van der Waals surface area contributed by atoms with E-state index < -0.39 is 0 Å². The van der Waals surface area contributed by atoms with Crippen LogP contribution in [0.15, 0.2) is 17.0 Å². The second-order valence-electron chi connectivity index (χ2n) is 3.07. The van der Waals surface area contributed by atoms with Gasteiger partial charge in [-0.25, -0.2) is 9.97 Å². The molecule has 0 radical (unpaired) electrons. The summed E-state index contributed by atoms with van der Waals surface area (Å²) in [6, 6.07) is -0.0511. The van der Waals surface area contributed by atoms with Gasteiger partial charge in [0, 0.05) is 6.20 Å². The van der Waals surface area contributed by atoms with Crippen molar-refractivity contribution in [3.05, 3.63) is 28.1 Å². The summed E-state index contributed by atoms with van der Waals surface area (Å²) in [4.78, 5) is 11.9. The minimum Gasteiger partial charge on any atom is -0.359 e. The number of anilines is 1. The first kappa shape index (κ1) is 11.3. The van der Waals surface area contributed by atoms with Gasteiger partial charge < -0.3 is 5.32 Å². The maximum Gasteiger partial charge on any atom is 0.224 e. The van der Waals surface area contributed by atoms with Crippen molar-refractivity contribution in [2.75, 3.05) is 5.32 Å². The van der Waals surface area contributed by atoms with Gasteiger partial charge >= 0.3 is 0 Å². The molecule has 2 rings (SSSR count). The van der Waals surface area contributed by atoms with Crippen molar-refractivity contribution in [3.63, 3.8) is 0 Å². The molecule has 0 saturated carbocycles. The standard InChI is InChI=1S/C8H8BrClN6/c1-4(6-12-3-13-16-6)14-7-5(9)2-11-8(10)15-7/h2-4H,1H3,(H,11,14,15)(H,12,13,16). The number of nitrogens with zero attached hydrogens (tertiary/aromatic N) is 4. The fourth-order valence-electron chi connectivity index (χ4n) is 1.14. The van der Waals surface area contributed by atoms with Crippen molar-refractivity contribution in [1.82, 2.24) is 25.1 Å². The van der Waals surface area contributed by atoms with Gasteiger partial charge in [-0.2, -0.15) is 10.1 Å². The van der Waals surface area contributed by atoms with Gasteiger partial charge in [-0.05, 0) is 34.5 Å². The number of H-pyrrole nitrogens is 1. The van der Waals surface area contributed by atoms with Crippen molar-refractivity contribution >= 4 is 33.3 Å². The molecule has 1 unspecified atom stereocenters. The molecule has 0 bridgehead atoms. The number of aromatic nitrogens is 5. The van der Waals surface area contributed by atoms with Crippen LogP contribution < -0.4 is 5.32 Å². The average molecular weight is 304 g/mol. The largest absolute Gasteiger partial charge is 0.359 e. The van der Waals surface area contributed by atoms with Crippen LogP contribution in [0, 0.1) is 0 Å². The minimum atomic E-state index is -0.0511. The van der Waals surface area contributed by atoms with E-state index in [2.05, 4.69) is 46.4 Å². The van der Waals surface area contributed by atoms with E-state index in [0.717, 1.165) is 10.3 Å². The summed E-state index contributed by atoms with van der Waals surface area (Å²) in [7, 11) is 0. The van der Waals surface area contributed by atoms with Gasteiger partial charge in [-0.3, -0.25) is 5.10 Å². The highest BCUT2D eigenvalue weighted by Gasteiger charge is 2.11. The predicted octanol–water partition coefficient (Wildman–Crippen LogP) is 2.18. The number of aromatic amines is 1. The Labute approximate surface area is 105 Å². The van der Waals surface area contributed by atoms with Gasteiger partial charge in [-0.1, -0.05) is 0 Å². The highest BCUT2D eigenvalue weighted by atomic mass is 79.9. The first-order chi connectivity index (χ1) is 7.66. The zero-order valence-corrected chi connectivity index (χ0v) is 10.6. The molecule has 0 aliphatic heterocycles. The first-order valence-corrected chi connectivity index (χ1v) is 5.63. The smallest absolute Gasteiger partial charge is 0.224 e. The number of hydrogen-bond acceptors (Lipinski definition) is 5. The van der Waals surface area contributed by atoms with Crippen LogP contribution in [0.4, 0.5) is 5.82 Å². The summed E-state index contributed by atoms with van der Waals surface area (Å²) < 4.78 is 0.739.